The van der Waals surface area contributed by atoms with Crippen LogP contribution in [0.1, 0.15) is 36.0 Å². The van der Waals surface area contributed by atoms with Crippen molar-refractivity contribution in [2.45, 2.75) is 31.7 Å². The molecule has 0 radical (unpaired) electrons. The van der Waals surface area contributed by atoms with Gasteiger partial charge in [0.25, 0.3) is 5.91 Å². The molecule has 114 valence electrons. The van der Waals surface area contributed by atoms with Crippen LogP contribution in [0.4, 0.5) is 4.39 Å². The topological polar surface area (TPSA) is 78.9 Å². The third kappa shape index (κ3) is 3.72. The predicted molar refractivity (Wildman–Crippen MR) is 80.8 cm³/mol. The third-order valence-corrected chi connectivity index (χ3v) is 4.34. The first-order chi connectivity index (χ1) is 10.0. The standard InChI is InChI=1S/C14H17BrFN3O2/c15-12-6-5-9(16)7-11(12)14(20)19(8-13(17)18-21)10-3-1-2-4-10/h5-7,10,21H,1-4,8H2,(H2,17,18). The van der Waals surface area contributed by atoms with E-state index in [-0.39, 0.29) is 29.9 Å². The molecule has 0 aliphatic heterocycles. The highest BCUT2D eigenvalue weighted by molar-refractivity contribution is 9.10. The summed E-state index contributed by atoms with van der Waals surface area (Å²) in [6, 6.07) is 4.01. The highest BCUT2D eigenvalue weighted by atomic mass is 79.9. The number of amides is 1. The van der Waals surface area contributed by atoms with Crippen LogP contribution in [-0.4, -0.2) is 34.4 Å². The van der Waals surface area contributed by atoms with E-state index in [0.29, 0.717) is 4.47 Å². The summed E-state index contributed by atoms with van der Waals surface area (Å²) in [6.45, 7) is 0.0307. The molecule has 1 aliphatic carbocycles. The molecule has 2 rings (SSSR count). The number of oxime groups is 1. The highest BCUT2D eigenvalue weighted by Gasteiger charge is 2.29. The van der Waals surface area contributed by atoms with Crippen LogP contribution in [0, 0.1) is 5.82 Å². The van der Waals surface area contributed by atoms with Crippen LogP contribution in [-0.2, 0) is 0 Å². The molecule has 1 aromatic rings. The number of halogens is 2. The summed E-state index contributed by atoms with van der Waals surface area (Å²) in [4.78, 5) is 14.3. The average Bonchev–Trinajstić information content (AvgIpc) is 3.00. The van der Waals surface area contributed by atoms with Crippen LogP contribution < -0.4 is 5.73 Å². The van der Waals surface area contributed by atoms with Crippen LogP contribution in [0.3, 0.4) is 0 Å². The predicted octanol–water partition coefficient (Wildman–Crippen LogP) is 2.72. The Morgan fingerprint density at radius 2 is 2.14 bits per heavy atom. The van der Waals surface area contributed by atoms with E-state index in [0.717, 1.165) is 25.7 Å². The van der Waals surface area contributed by atoms with E-state index in [2.05, 4.69) is 21.1 Å². The Morgan fingerprint density at radius 1 is 1.48 bits per heavy atom. The van der Waals surface area contributed by atoms with Gasteiger partial charge in [-0.15, -0.1) is 0 Å². The summed E-state index contributed by atoms with van der Waals surface area (Å²) in [5, 5.41) is 11.7. The van der Waals surface area contributed by atoms with Crippen molar-refractivity contribution in [3.63, 3.8) is 0 Å². The lowest BCUT2D eigenvalue weighted by Gasteiger charge is -2.29. The van der Waals surface area contributed by atoms with Gasteiger partial charge in [-0.1, -0.05) is 18.0 Å². The van der Waals surface area contributed by atoms with Gasteiger partial charge in [-0.25, -0.2) is 4.39 Å². The zero-order valence-corrected chi connectivity index (χ0v) is 13.0. The number of carbonyl (C=O) groups excluding carboxylic acids is 1. The second-order valence-electron chi connectivity index (χ2n) is 5.09. The first-order valence-electron chi connectivity index (χ1n) is 6.75. The fraction of sp³-hybridized carbons (Fsp3) is 0.429. The quantitative estimate of drug-likeness (QED) is 0.376. The van der Waals surface area contributed by atoms with Crippen LogP contribution in [0.15, 0.2) is 27.8 Å². The van der Waals surface area contributed by atoms with Gasteiger partial charge in [-0.2, -0.15) is 0 Å². The number of rotatable bonds is 4. The summed E-state index contributed by atoms with van der Waals surface area (Å²) < 4.78 is 13.9. The monoisotopic (exact) mass is 357 g/mol. The van der Waals surface area contributed by atoms with E-state index in [4.69, 9.17) is 10.9 Å². The van der Waals surface area contributed by atoms with Crippen LogP contribution in [0.2, 0.25) is 0 Å². The lowest BCUT2D eigenvalue weighted by atomic mass is 10.1. The molecular weight excluding hydrogens is 341 g/mol. The van der Waals surface area contributed by atoms with Crippen molar-refractivity contribution in [2.24, 2.45) is 10.9 Å². The molecule has 3 N–H and O–H groups in total. The molecule has 0 atom stereocenters. The molecular formula is C14H17BrFN3O2. The minimum Gasteiger partial charge on any atom is -0.409 e. The van der Waals surface area contributed by atoms with E-state index in [9.17, 15) is 9.18 Å². The molecule has 1 aliphatic rings. The van der Waals surface area contributed by atoms with Crippen LogP contribution in [0.5, 0.6) is 0 Å². The molecule has 0 spiro atoms. The zero-order valence-electron chi connectivity index (χ0n) is 11.4. The summed E-state index contributed by atoms with van der Waals surface area (Å²) in [5.41, 5.74) is 5.79. The van der Waals surface area contributed by atoms with Crippen molar-refractivity contribution in [1.29, 1.82) is 0 Å². The van der Waals surface area contributed by atoms with Crippen molar-refractivity contribution in [3.05, 3.63) is 34.1 Å². The molecule has 0 saturated heterocycles. The maximum absolute atomic E-state index is 13.4. The number of benzene rings is 1. The minimum absolute atomic E-state index is 0.0307. The molecule has 1 saturated carbocycles. The number of hydrogen-bond donors (Lipinski definition) is 2. The lowest BCUT2D eigenvalue weighted by molar-refractivity contribution is 0.0711. The molecule has 0 bridgehead atoms. The second kappa shape index (κ2) is 6.89. The summed E-state index contributed by atoms with van der Waals surface area (Å²) in [5.74, 6) is -0.834. The molecule has 1 amide bonds. The average molecular weight is 358 g/mol. The van der Waals surface area contributed by atoms with Gasteiger partial charge in [0.15, 0.2) is 5.84 Å². The van der Waals surface area contributed by atoms with Gasteiger partial charge >= 0.3 is 0 Å². The van der Waals surface area contributed by atoms with Crippen LogP contribution >= 0.6 is 15.9 Å². The summed E-state index contributed by atoms with van der Waals surface area (Å²) in [7, 11) is 0. The molecule has 5 nitrogen and oxygen atoms in total. The first kappa shape index (κ1) is 15.8. The molecule has 7 heteroatoms. The van der Waals surface area contributed by atoms with E-state index in [1.54, 1.807) is 4.90 Å². The van der Waals surface area contributed by atoms with Gasteiger partial charge in [0.1, 0.15) is 5.82 Å². The van der Waals surface area contributed by atoms with Gasteiger partial charge in [-0.3, -0.25) is 4.79 Å². The van der Waals surface area contributed by atoms with Crippen molar-refractivity contribution < 1.29 is 14.4 Å². The first-order valence-corrected chi connectivity index (χ1v) is 7.54. The molecule has 1 fully saturated rings. The Balaban J connectivity index is 2.30. The molecule has 1 aromatic carbocycles. The van der Waals surface area contributed by atoms with E-state index >= 15 is 0 Å². The number of amidine groups is 1. The van der Waals surface area contributed by atoms with Crippen molar-refractivity contribution >= 4 is 27.7 Å². The normalized spacial score (nSPS) is 16.2. The Kier molecular flexibility index (Phi) is 5.17. The smallest absolute Gasteiger partial charge is 0.255 e. The van der Waals surface area contributed by atoms with Gasteiger partial charge in [0.05, 0.1) is 12.1 Å². The maximum atomic E-state index is 13.4. The fourth-order valence-corrected chi connectivity index (χ4v) is 3.02. The SMILES string of the molecule is NC(CN(C(=O)c1cc(F)ccc1Br)C1CCCC1)=NO. The van der Waals surface area contributed by atoms with E-state index in [1.807, 2.05) is 0 Å². The highest BCUT2D eigenvalue weighted by Crippen LogP contribution is 2.27. The maximum Gasteiger partial charge on any atom is 0.255 e. The molecule has 0 heterocycles. The molecule has 21 heavy (non-hydrogen) atoms. The summed E-state index contributed by atoms with van der Waals surface area (Å²) in [6.07, 6.45) is 3.82. The number of hydrogen-bond acceptors (Lipinski definition) is 3. The van der Waals surface area contributed by atoms with E-state index in [1.165, 1.54) is 18.2 Å². The van der Waals surface area contributed by atoms with Crippen LogP contribution in [0.25, 0.3) is 0 Å². The Bertz CT molecular complexity index is 559. The van der Waals surface area contributed by atoms with Crippen molar-refractivity contribution in [2.75, 3.05) is 6.54 Å². The third-order valence-electron chi connectivity index (χ3n) is 3.65. The number of carbonyl (C=O) groups is 1. The fourth-order valence-electron chi connectivity index (χ4n) is 2.60. The Labute approximate surface area is 130 Å². The van der Waals surface area contributed by atoms with E-state index < -0.39 is 5.82 Å². The number of nitrogens with zero attached hydrogens (tertiary/aromatic N) is 2. The van der Waals surface area contributed by atoms with Crippen molar-refractivity contribution in [1.82, 2.24) is 4.90 Å². The van der Waals surface area contributed by atoms with Gasteiger partial charge in [-0.05, 0) is 47.0 Å². The Hall–Kier alpha value is -1.63. The summed E-state index contributed by atoms with van der Waals surface area (Å²) >= 11 is 3.27. The second-order valence-corrected chi connectivity index (χ2v) is 5.94. The van der Waals surface area contributed by atoms with Crippen molar-refractivity contribution in [3.8, 4) is 0 Å². The molecule has 0 aromatic heterocycles. The Morgan fingerprint density at radius 3 is 2.76 bits per heavy atom. The zero-order chi connectivity index (χ0) is 15.4. The molecule has 0 unspecified atom stereocenters. The van der Waals surface area contributed by atoms with Gasteiger partial charge in [0.2, 0.25) is 0 Å². The van der Waals surface area contributed by atoms with Gasteiger partial charge < -0.3 is 15.8 Å². The lowest BCUT2D eigenvalue weighted by Crippen LogP contribution is -2.44. The number of nitrogens with two attached hydrogens (primary N) is 1. The van der Waals surface area contributed by atoms with Gasteiger partial charge in [0, 0.05) is 10.5 Å². The largest absolute Gasteiger partial charge is 0.409 e. The minimum atomic E-state index is -0.475.